The van der Waals surface area contributed by atoms with E-state index in [2.05, 4.69) is 10.4 Å². The lowest BCUT2D eigenvalue weighted by atomic mass is 10.2. The van der Waals surface area contributed by atoms with Crippen LogP contribution in [-0.4, -0.2) is 15.7 Å². The molecule has 0 fully saturated rings. The van der Waals surface area contributed by atoms with Crippen LogP contribution in [0.1, 0.15) is 16.1 Å². The van der Waals surface area contributed by atoms with Gasteiger partial charge in [-0.1, -0.05) is 18.2 Å². The monoisotopic (exact) mass is 423 g/mol. The van der Waals surface area contributed by atoms with Gasteiger partial charge in [-0.15, -0.1) is 0 Å². The zero-order valence-electron chi connectivity index (χ0n) is 16.1. The molecule has 3 aromatic carbocycles. The van der Waals surface area contributed by atoms with Crippen molar-refractivity contribution >= 4 is 11.6 Å². The molecule has 1 heterocycles. The molecule has 0 bridgehead atoms. The lowest BCUT2D eigenvalue weighted by Crippen LogP contribution is -2.14. The van der Waals surface area contributed by atoms with Crippen LogP contribution >= 0.6 is 0 Å². The standard InChI is InChI=1S/C23H16F3N3O2/c24-16-6-4-15(5-7-16)14-31-21-13-29(20-10-8-17(25)9-11-20)28-22(21)23(30)27-19-3-1-2-18(26)12-19/h1-13H,14H2,(H,27,30). The predicted molar refractivity (Wildman–Crippen MR) is 109 cm³/mol. The molecule has 1 N–H and O–H groups in total. The molecule has 0 saturated carbocycles. The third-order valence-electron chi connectivity index (χ3n) is 4.38. The molecule has 5 nitrogen and oxygen atoms in total. The fraction of sp³-hybridized carbons (Fsp3) is 0.0435. The molecule has 0 aliphatic carbocycles. The molecule has 1 amide bonds. The van der Waals surface area contributed by atoms with Gasteiger partial charge in [0.05, 0.1) is 11.9 Å². The molecular weight excluding hydrogens is 407 g/mol. The summed E-state index contributed by atoms with van der Waals surface area (Å²) in [7, 11) is 0. The second-order valence-corrected chi connectivity index (χ2v) is 6.64. The lowest BCUT2D eigenvalue weighted by molar-refractivity contribution is 0.101. The zero-order valence-corrected chi connectivity index (χ0v) is 16.1. The number of aromatic nitrogens is 2. The molecule has 0 saturated heterocycles. The summed E-state index contributed by atoms with van der Waals surface area (Å²) >= 11 is 0. The van der Waals surface area contributed by atoms with Gasteiger partial charge >= 0.3 is 0 Å². The van der Waals surface area contributed by atoms with Gasteiger partial charge in [-0.05, 0) is 60.2 Å². The maximum atomic E-state index is 13.4. The summed E-state index contributed by atoms with van der Waals surface area (Å²) in [5.74, 6) is -1.73. The minimum atomic E-state index is -0.611. The largest absolute Gasteiger partial charge is 0.485 e. The number of nitrogens with one attached hydrogen (secondary N) is 1. The number of carbonyl (C=O) groups is 1. The van der Waals surface area contributed by atoms with Crippen molar-refractivity contribution < 1.29 is 22.7 Å². The van der Waals surface area contributed by atoms with Crippen LogP contribution < -0.4 is 10.1 Å². The Balaban J connectivity index is 1.62. The van der Waals surface area contributed by atoms with Crippen LogP contribution in [0.3, 0.4) is 0 Å². The molecule has 0 aliphatic rings. The molecule has 1 aromatic heterocycles. The van der Waals surface area contributed by atoms with Crippen molar-refractivity contribution in [2.24, 2.45) is 0 Å². The fourth-order valence-electron chi connectivity index (χ4n) is 2.85. The quantitative estimate of drug-likeness (QED) is 0.468. The van der Waals surface area contributed by atoms with E-state index in [1.807, 2.05) is 0 Å². The van der Waals surface area contributed by atoms with Crippen LogP contribution in [0.25, 0.3) is 5.69 Å². The van der Waals surface area contributed by atoms with Crippen molar-refractivity contribution in [2.45, 2.75) is 6.61 Å². The number of halogens is 3. The van der Waals surface area contributed by atoms with E-state index in [9.17, 15) is 18.0 Å². The van der Waals surface area contributed by atoms with Gasteiger partial charge in [0.25, 0.3) is 5.91 Å². The Morgan fingerprint density at radius 3 is 2.26 bits per heavy atom. The Labute approximate surface area is 175 Å². The molecule has 0 unspecified atom stereocenters. The topological polar surface area (TPSA) is 56.2 Å². The zero-order chi connectivity index (χ0) is 21.8. The van der Waals surface area contributed by atoms with E-state index in [-0.39, 0.29) is 29.6 Å². The van der Waals surface area contributed by atoms with E-state index >= 15 is 0 Å². The number of hydrogen-bond donors (Lipinski definition) is 1. The first kappa shape index (κ1) is 20.2. The van der Waals surface area contributed by atoms with Gasteiger partial charge in [0.2, 0.25) is 0 Å². The SMILES string of the molecule is O=C(Nc1cccc(F)c1)c1nn(-c2ccc(F)cc2)cc1OCc1ccc(F)cc1. The highest BCUT2D eigenvalue weighted by molar-refractivity contribution is 6.04. The summed E-state index contributed by atoms with van der Waals surface area (Å²) in [5.41, 5.74) is 1.41. The number of rotatable bonds is 6. The first-order valence-electron chi connectivity index (χ1n) is 9.28. The molecular formula is C23H16F3N3O2. The molecule has 31 heavy (non-hydrogen) atoms. The Bertz CT molecular complexity index is 1210. The van der Waals surface area contributed by atoms with Gasteiger partial charge in [-0.3, -0.25) is 4.79 Å². The third-order valence-corrected chi connectivity index (χ3v) is 4.38. The van der Waals surface area contributed by atoms with Crippen LogP contribution in [0.5, 0.6) is 5.75 Å². The number of ether oxygens (including phenoxy) is 1. The lowest BCUT2D eigenvalue weighted by Gasteiger charge is -2.07. The van der Waals surface area contributed by atoms with E-state index in [0.717, 1.165) is 0 Å². The Morgan fingerprint density at radius 1 is 0.903 bits per heavy atom. The van der Waals surface area contributed by atoms with E-state index < -0.39 is 17.5 Å². The summed E-state index contributed by atoms with van der Waals surface area (Å²) in [6, 6.07) is 16.7. The van der Waals surface area contributed by atoms with Gasteiger partial charge in [0, 0.05) is 5.69 Å². The second-order valence-electron chi connectivity index (χ2n) is 6.64. The fourth-order valence-corrected chi connectivity index (χ4v) is 2.85. The summed E-state index contributed by atoms with van der Waals surface area (Å²) in [6.07, 6.45) is 1.48. The molecule has 0 aliphatic heterocycles. The number of nitrogens with zero attached hydrogens (tertiary/aromatic N) is 2. The van der Waals surface area contributed by atoms with Crippen molar-refractivity contribution in [3.05, 3.63) is 108 Å². The smallest absolute Gasteiger partial charge is 0.280 e. The number of carbonyl (C=O) groups excluding carboxylic acids is 1. The maximum Gasteiger partial charge on any atom is 0.280 e. The first-order valence-corrected chi connectivity index (χ1v) is 9.28. The summed E-state index contributed by atoms with van der Waals surface area (Å²) < 4.78 is 46.9. The van der Waals surface area contributed by atoms with Crippen molar-refractivity contribution in [1.82, 2.24) is 9.78 Å². The van der Waals surface area contributed by atoms with Gasteiger partial charge in [-0.2, -0.15) is 5.10 Å². The minimum Gasteiger partial charge on any atom is -0.485 e. The maximum absolute atomic E-state index is 13.4. The number of amides is 1. The molecule has 156 valence electrons. The van der Waals surface area contributed by atoms with Crippen LogP contribution in [0.2, 0.25) is 0 Å². The van der Waals surface area contributed by atoms with E-state index in [4.69, 9.17) is 4.74 Å². The predicted octanol–water partition coefficient (Wildman–Crippen LogP) is 5.12. The summed E-state index contributed by atoms with van der Waals surface area (Å²) in [6.45, 7) is 0.0651. The van der Waals surface area contributed by atoms with Crippen molar-refractivity contribution in [3.8, 4) is 11.4 Å². The molecule has 8 heteroatoms. The van der Waals surface area contributed by atoms with Crippen molar-refractivity contribution in [1.29, 1.82) is 0 Å². The summed E-state index contributed by atoms with van der Waals surface area (Å²) in [4.78, 5) is 12.8. The average molecular weight is 423 g/mol. The van der Waals surface area contributed by atoms with Gasteiger partial charge in [0.1, 0.15) is 24.1 Å². The van der Waals surface area contributed by atoms with Crippen molar-refractivity contribution in [3.63, 3.8) is 0 Å². The molecule has 4 aromatic rings. The molecule has 0 spiro atoms. The normalized spacial score (nSPS) is 10.7. The molecule has 4 rings (SSSR count). The minimum absolute atomic E-state index is 0.0457. The van der Waals surface area contributed by atoms with E-state index in [0.29, 0.717) is 11.3 Å². The third kappa shape index (κ3) is 4.92. The van der Waals surface area contributed by atoms with Crippen LogP contribution in [0.4, 0.5) is 18.9 Å². The summed E-state index contributed by atoms with van der Waals surface area (Å²) in [5, 5.41) is 6.83. The van der Waals surface area contributed by atoms with Crippen LogP contribution in [0, 0.1) is 17.5 Å². The Morgan fingerprint density at radius 2 is 1.58 bits per heavy atom. The Kier molecular flexibility index (Phi) is 5.70. The highest BCUT2D eigenvalue weighted by Crippen LogP contribution is 2.23. The highest BCUT2D eigenvalue weighted by atomic mass is 19.1. The second kappa shape index (κ2) is 8.74. The number of anilines is 1. The molecule has 0 radical (unpaired) electrons. The van der Waals surface area contributed by atoms with Gasteiger partial charge in [0.15, 0.2) is 11.4 Å². The van der Waals surface area contributed by atoms with Crippen molar-refractivity contribution in [2.75, 3.05) is 5.32 Å². The average Bonchev–Trinajstić information content (AvgIpc) is 3.18. The van der Waals surface area contributed by atoms with E-state index in [1.54, 1.807) is 12.1 Å². The number of benzene rings is 3. The van der Waals surface area contributed by atoms with E-state index in [1.165, 1.54) is 71.5 Å². The van der Waals surface area contributed by atoms with Gasteiger partial charge < -0.3 is 10.1 Å². The first-order chi connectivity index (χ1) is 15.0. The van der Waals surface area contributed by atoms with Crippen LogP contribution in [-0.2, 0) is 6.61 Å². The number of hydrogen-bond acceptors (Lipinski definition) is 3. The highest BCUT2D eigenvalue weighted by Gasteiger charge is 2.20. The van der Waals surface area contributed by atoms with Crippen LogP contribution in [0.15, 0.2) is 79.0 Å². The van der Waals surface area contributed by atoms with Gasteiger partial charge in [-0.25, -0.2) is 17.9 Å². The Hall–Kier alpha value is -4.07. The molecule has 0 atom stereocenters.